The maximum atomic E-state index is 5.33. The topological polar surface area (TPSA) is 42.2 Å². The molecule has 2 atom stereocenters. The van der Waals surface area contributed by atoms with Crippen molar-refractivity contribution in [3.8, 4) is 12.3 Å². The summed E-state index contributed by atoms with van der Waals surface area (Å²) >= 11 is 0. The highest BCUT2D eigenvalue weighted by molar-refractivity contribution is 5.42. The van der Waals surface area contributed by atoms with Crippen molar-refractivity contribution in [3.63, 3.8) is 0 Å². The van der Waals surface area contributed by atoms with E-state index in [-0.39, 0.29) is 12.1 Å². The third kappa shape index (κ3) is 2.77. The van der Waals surface area contributed by atoms with Gasteiger partial charge in [0.25, 0.3) is 0 Å². The van der Waals surface area contributed by atoms with Crippen LogP contribution in [0.15, 0.2) is 12.3 Å². The van der Waals surface area contributed by atoms with Crippen LogP contribution >= 0.6 is 0 Å². The zero-order valence-corrected chi connectivity index (χ0v) is 11.9. The van der Waals surface area contributed by atoms with Gasteiger partial charge in [0.15, 0.2) is 5.65 Å². The second kappa shape index (κ2) is 5.41. The number of terminal acetylenes is 1. The number of nitrogens with zero attached hydrogens (tertiary/aromatic N) is 3. The van der Waals surface area contributed by atoms with E-state index in [0.29, 0.717) is 0 Å². The number of aromatic nitrogens is 3. The van der Waals surface area contributed by atoms with E-state index in [4.69, 9.17) is 6.42 Å². The fourth-order valence-corrected chi connectivity index (χ4v) is 2.35. The molecule has 0 aliphatic rings. The first-order valence-corrected chi connectivity index (χ1v) is 6.54. The minimum Gasteiger partial charge on any atom is -0.307 e. The predicted octanol–water partition coefficient (Wildman–Crippen LogP) is 2.41. The average molecular weight is 256 g/mol. The Hall–Kier alpha value is -1.86. The quantitative estimate of drug-likeness (QED) is 0.854. The Morgan fingerprint density at radius 1 is 1.42 bits per heavy atom. The van der Waals surface area contributed by atoms with Crippen LogP contribution in [0.25, 0.3) is 5.65 Å². The monoisotopic (exact) mass is 256 g/mol. The molecule has 0 aromatic carbocycles. The molecule has 100 valence electrons. The summed E-state index contributed by atoms with van der Waals surface area (Å²) in [5.41, 5.74) is 4.14. The first kappa shape index (κ1) is 13.6. The summed E-state index contributed by atoms with van der Waals surface area (Å²) < 4.78 is 1.90. The first-order chi connectivity index (χ1) is 9.02. The molecule has 2 aromatic heterocycles. The third-order valence-corrected chi connectivity index (χ3v) is 3.31. The van der Waals surface area contributed by atoms with E-state index in [1.54, 1.807) is 0 Å². The van der Waals surface area contributed by atoms with Crippen molar-refractivity contribution in [2.24, 2.45) is 0 Å². The van der Waals surface area contributed by atoms with Gasteiger partial charge >= 0.3 is 0 Å². The molecule has 0 aliphatic carbocycles. The molecule has 4 nitrogen and oxygen atoms in total. The molecular formula is C15H20N4. The molecule has 0 fully saturated rings. The van der Waals surface area contributed by atoms with Crippen molar-refractivity contribution < 1.29 is 0 Å². The Morgan fingerprint density at radius 2 is 2.16 bits per heavy atom. The SMILES string of the molecule is C#CCC(C)NC(C)c1cnc2cc(C)nn2c1C. The van der Waals surface area contributed by atoms with Crippen LogP contribution in [-0.2, 0) is 0 Å². The van der Waals surface area contributed by atoms with Gasteiger partial charge in [-0.1, -0.05) is 0 Å². The van der Waals surface area contributed by atoms with E-state index in [0.717, 1.165) is 29.0 Å². The number of hydrogen-bond donors (Lipinski definition) is 1. The van der Waals surface area contributed by atoms with Gasteiger partial charge in [-0.2, -0.15) is 5.10 Å². The molecule has 4 heteroatoms. The number of nitrogens with one attached hydrogen (secondary N) is 1. The molecule has 19 heavy (non-hydrogen) atoms. The van der Waals surface area contributed by atoms with Crippen molar-refractivity contribution in [1.29, 1.82) is 0 Å². The highest BCUT2D eigenvalue weighted by Crippen LogP contribution is 2.18. The van der Waals surface area contributed by atoms with Crippen LogP contribution in [0, 0.1) is 26.2 Å². The van der Waals surface area contributed by atoms with E-state index in [9.17, 15) is 0 Å². The van der Waals surface area contributed by atoms with Crippen molar-refractivity contribution in [1.82, 2.24) is 19.9 Å². The fourth-order valence-electron chi connectivity index (χ4n) is 2.35. The number of aryl methyl sites for hydroxylation is 2. The molecule has 0 bridgehead atoms. The summed E-state index contributed by atoms with van der Waals surface area (Å²) in [5, 5.41) is 7.95. The van der Waals surface area contributed by atoms with E-state index in [1.165, 1.54) is 0 Å². The maximum absolute atomic E-state index is 5.33. The highest BCUT2D eigenvalue weighted by atomic mass is 15.3. The number of fused-ring (bicyclic) bond motifs is 1. The second-order valence-electron chi connectivity index (χ2n) is 5.05. The summed E-state index contributed by atoms with van der Waals surface area (Å²) in [5.74, 6) is 2.68. The minimum atomic E-state index is 0.199. The van der Waals surface area contributed by atoms with E-state index in [2.05, 4.69) is 42.1 Å². The predicted molar refractivity (Wildman–Crippen MR) is 76.9 cm³/mol. The average Bonchev–Trinajstić information content (AvgIpc) is 2.71. The molecule has 2 unspecified atom stereocenters. The summed E-state index contributed by atoms with van der Waals surface area (Å²) in [6.07, 6.45) is 7.98. The van der Waals surface area contributed by atoms with Gasteiger partial charge in [0.1, 0.15) is 0 Å². The van der Waals surface area contributed by atoms with Crippen LogP contribution in [0.5, 0.6) is 0 Å². The molecule has 0 saturated heterocycles. The van der Waals surface area contributed by atoms with E-state index < -0.39 is 0 Å². The molecule has 0 saturated carbocycles. The molecule has 0 aliphatic heterocycles. The van der Waals surface area contributed by atoms with E-state index in [1.807, 2.05) is 23.7 Å². The lowest BCUT2D eigenvalue weighted by molar-refractivity contribution is 0.481. The highest BCUT2D eigenvalue weighted by Gasteiger charge is 2.14. The normalized spacial score (nSPS) is 14.3. The molecule has 2 aromatic rings. The van der Waals surface area contributed by atoms with Crippen LogP contribution in [-0.4, -0.2) is 20.6 Å². The molecule has 0 radical (unpaired) electrons. The van der Waals surface area contributed by atoms with Crippen LogP contribution in [0.4, 0.5) is 0 Å². The molecule has 1 N–H and O–H groups in total. The Kier molecular flexibility index (Phi) is 3.87. The summed E-state index contributed by atoms with van der Waals surface area (Å²) in [6.45, 7) is 8.26. The van der Waals surface area contributed by atoms with Crippen LogP contribution < -0.4 is 5.32 Å². The van der Waals surface area contributed by atoms with Crippen LogP contribution in [0.2, 0.25) is 0 Å². The van der Waals surface area contributed by atoms with Gasteiger partial charge < -0.3 is 5.32 Å². The largest absolute Gasteiger partial charge is 0.307 e. The number of rotatable bonds is 4. The van der Waals surface area contributed by atoms with Gasteiger partial charge in [0.2, 0.25) is 0 Å². The van der Waals surface area contributed by atoms with Crippen LogP contribution in [0.3, 0.4) is 0 Å². The summed E-state index contributed by atoms with van der Waals surface area (Å²) in [7, 11) is 0. The summed E-state index contributed by atoms with van der Waals surface area (Å²) in [6, 6.07) is 2.47. The maximum Gasteiger partial charge on any atom is 0.155 e. The fraction of sp³-hybridized carbons (Fsp3) is 0.467. The Bertz CT molecular complexity index is 621. The number of hydrogen-bond acceptors (Lipinski definition) is 3. The van der Waals surface area contributed by atoms with Gasteiger partial charge in [0.05, 0.1) is 5.69 Å². The van der Waals surface area contributed by atoms with Gasteiger partial charge in [-0.25, -0.2) is 9.50 Å². The van der Waals surface area contributed by atoms with Crippen LogP contribution in [0.1, 0.15) is 43.3 Å². The minimum absolute atomic E-state index is 0.199. The van der Waals surface area contributed by atoms with Gasteiger partial charge in [-0.05, 0) is 27.7 Å². The molecule has 2 heterocycles. The van der Waals surface area contributed by atoms with Gasteiger partial charge in [-0.15, -0.1) is 12.3 Å². The lowest BCUT2D eigenvalue weighted by Crippen LogP contribution is -2.29. The van der Waals surface area contributed by atoms with Gasteiger partial charge in [0, 0.05) is 42.0 Å². The Labute approximate surface area is 114 Å². The lowest BCUT2D eigenvalue weighted by atomic mass is 10.1. The zero-order chi connectivity index (χ0) is 14.0. The zero-order valence-electron chi connectivity index (χ0n) is 11.9. The third-order valence-electron chi connectivity index (χ3n) is 3.31. The molecule has 0 amide bonds. The lowest BCUT2D eigenvalue weighted by Gasteiger charge is -2.20. The standard InChI is InChI=1S/C15H20N4/c1-6-7-10(2)17-12(4)14-9-16-15-8-11(3)18-19(15)13(14)5/h1,8-10,12,17H,7H2,2-5H3. The second-order valence-corrected chi connectivity index (χ2v) is 5.05. The summed E-state index contributed by atoms with van der Waals surface area (Å²) in [4.78, 5) is 4.46. The molecule has 2 rings (SSSR count). The smallest absolute Gasteiger partial charge is 0.155 e. The Balaban J connectivity index is 2.29. The Morgan fingerprint density at radius 3 is 2.84 bits per heavy atom. The van der Waals surface area contributed by atoms with Crippen molar-refractivity contribution >= 4 is 5.65 Å². The first-order valence-electron chi connectivity index (χ1n) is 6.54. The van der Waals surface area contributed by atoms with E-state index >= 15 is 0 Å². The van der Waals surface area contributed by atoms with Crippen molar-refractivity contribution in [2.75, 3.05) is 0 Å². The molecular weight excluding hydrogens is 236 g/mol. The van der Waals surface area contributed by atoms with Crippen molar-refractivity contribution in [2.45, 2.75) is 46.2 Å². The van der Waals surface area contributed by atoms with Crippen molar-refractivity contribution in [3.05, 3.63) is 29.2 Å². The van der Waals surface area contributed by atoms with Gasteiger partial charge in [-0.3, -0.25) is 0 Å². The molecule has 0 spiro atoms.